The number of nitrogens with one attached hydrogen (secondary N) is 1. The van der Waals surface area contributed by atoms with E-state index in [0.717, 1.165) is 0 Å². The summed E-state index contributed by atoms with van der Waals surface area (Å²) >= 11 is 0. The summed E-state index contributed by atoms with van der Waals surface area (Å²) in [6.07, 6.45) is 0. The average Bonchev–Trinajstić information content (AvgIpc) is 2.00. The monoisotopic (exact) mass is 427 g/mol. The second-order valence-electron chi connectivity index (χ2n) is 7.82. The molecule has 0 aliphatic carbocycles. The van der Waals surface area contributed by atoms with Crippen LogP contribution in [0.15, 0.2) is 0 Å². The fourth-order valence-electron chi connectivity index (χ4n) is 0. The van der Waals surface area contributed by atoms with Crippen molar-refractivity contribution in [2.45, 2.75) is 103 Å². The largest absolute Gasteiger partial charge is 0.870 e. The van der Waals surface area contributed by atoms with Crippen molar-refractivity contribution in [1.29, 1.82) is 0 Å². The Morgan fingerprint density at radius 3 is 0.720 bits per heavy atom. The van der Waals surface area contributed by atoms with Gasteiger partial charge in [0, 0.05) is 15.2 Å². The van der Waals surface area contributed by atoms with Crippen LogP contribution in [-0.4, -0.2) is 44.3 Å². The van der Waals surface area contributed by atoms with Crippen LogP contribution in [0.3, 0.4) is 0 Å². The lowest BCUT2D eigenvalue weighted by Gasteiger charge is -2.11. The van der Waals surface area contributed by atoms with Gasteiger partial charge in [-0.3, -0.25) is 0 Å². The Hall–Kier alpha value is 0.451. The van der Waals surface area contributed by atoms with Gasteiger partial charge in [0.1, 0.15) is 8.24 Å². The second-order valence-corrected chi connectivity index (χ2v) is 23.4. The molecular weight excluding hydrogens is 364 g/mol. The topological polar surface area (TPSA) is 118 Å². The Kier molecular flexibility index (Phi) is 93.7. The summed E-state index contributed by atoms with van der Waals surface area (Å²) in [5, 5.41) is 0. The van der Waals surface area contributed by atoms with Crippen LogP contribution in [0.1, 0.15) is 37.1 Å². The molecule has 7 N–H and O–H groups in total. The van der Waals surface area contributed by atoms with Crippen molar-refractivity contribution in [2.75, 3.05) is 14.2 Å². The fourth-order valence-corrected chi connectivity index (χ4v) is 0. The third-order valence-corrected chi connectivity index (χ3v) is 4.09. The Labute approximate surface area is 168 Å². The molecule has 172 valence electrons. The molecule has 0 aliphatic rings. The molecule has 0 saturated heterocycles. The van der Waals surface area contributed by atoms with Crippen LogP contribution in [0.5, 0.6) is 0 Å². The van der Waals surface area contributed by atoms with Gasteiger partial charge in [-0.15, -0.1) is 0 Å². The quantitative estimate of drug-likeness (QED) is 0.368. The first-order valence-corrected chi connectivity index (χ1v) is 17.3. The smallest absolute Gasteiger partial charge is 0.183 e. The van der Waals surface area contributed by atoms with Gasteiger partial charge in [0.2, 0.25) is 0 Å². The van der Waals surface area contributed by atoms with E-state index in [1.807, 2.05) is 7.05 Å². The Bertz CT molecular complexity index is 159. The van der Waals surface area contributed by atoms with Crippen molar-refractivity contribution in [1.82, 2.24) is 4.98 Å². The lowest BCUT2D eigenvalue weighted by Crippen LogP contribution is -2.37. The molecule has 0 rings (SSSR count). The van der Waals surface area contributed by atoms with Crippen LogP contribution in [0, 0.1) is 0 Å². The van der Waals surface area contributed by atoms with Crippen molar-refractivity contribution in [2.24, 2.45) is 0 Å². The van der Waals surface area contributed by atoms with Crippen molar-refractivity contribution >= 4 is 24.6 Å². The minimum Gasteiger partial charge on any atom is -0.870 e. The molecule has 0 aliphatic heterocycles. The summed E-state index contributed by atoms with van der Waals surface area (Å²) in [6.45, 7) is 22.6. The average molecular weight is 428 g/mol. The van der Waals surface area contributed by atoms with E-state index in [2.05, 4.69) is 70.5 Å². The van der Waals surface area contributed by atoms with Gasteiger partial charge in [-0.2, -0.15) is 0 Å². The maximum absolute atomic E-state index is 5.08. The number of rotatable bonds is 2. The zero-order valence-corrected chi connectivity index (χ0v) is 19.0. The van der Waals surface area contributed by atoms with E-state index in [9.17, 15) is 0 Å². The van der Waals surface area contributed by atoms with Gasteiger partial charge in [-0.1, -0.05) is 83.0 Å². The van der Waals surface area contributed by atoms with Crippen LogP contribution < -0.4 is 4.98 Å². The van der Waals surface area contributed by atoms with Crippen molar-refractivity contribution in [3.63, 3.8) is 0 Å². The molecule has 0 aromatic rings. The van der Waals surface area contributed by atoms with E-state index >= 15 is 0 Å². The van der Waals surface area contributed by atoms with Gasteiger partial charge in [0.25, 0.3) is 0 Å². The third kappa shape index (κ3) is 296. The van der Waals surface area contributed by atoms with Gasteiger partial charge >= 0.3 is 0 Å². The first-order valence-electron chi connectivity index (χ1n) is 6.36. The summed E-state index contributed by atoms with van der Waals surface area (Å²) in [7, 11) is 1.17. The molecule has 0 saturated carbocycles. The fraction of sp³-hybridized carbons (Fsp3) is 1.00. The van der Waals surface area contributed by atoms with Crippen molar-refractivity contribution < 1.29 is 15.4 Å². The molecule has 0 unspecified atom stereocenters. The minimum absolute atomic E-state index is 0. The number of hydrogen-bond acceptors (Lipinski definition) is 3. The molecule has 0 fully saturated rings. The Morgan fingerprint density at radius 2 is 0.720 bits per heavy atom. The Morgan fingerprint density at radius 1 is 0.640 bits per heavy atom. The molecule has 25 heavy (non-hydrogen) atoms. The first-order chi connectivity index (χ1) is 7.12. The molecule has 0 spiro atoms. The van der Waals surface area contributed by atoms with E-state index in [4.69, 9.17) is 4.43 Å². The predicted molar refractivity (Wildman–Crippen MR) is 138 cm³/mol. The molecule has 0 heterocycles. The Balaban J connectivity index is -0.0000000113. The zero-order chi connectivity index (χ0) is 14.9. The summed E-state index contributed by atoms with van der Waals surface area (Å²) in [5.41, 5.74) is 0. The van der Waals surface area contributed by atoms with Crippen LogP contribution in [0.2, 0.25) is 65.5 Å². The van der Waals surface area contributed by atoms with Crippen molar-refractivity contribution in [3.8, 4) is 0 Å². The summed E-state index contributed by atoms with van der Waals surface area (Å²) in [6, 6.07) is 0. The van der Waals surface area contributed by atoms with E-state index in [0.29, 0.717) is 0 Å². The molecule has 5 nitrogen and oxygen atoms in total. The SMILES string of the molecule is C.C.C.C.C.CN[Si](C)(C)C.CO[Si](C)(C)C.C[Si](C)(C)C.[NH2-].[OH-].[OH3+]. The standard InChI is InChI=1S/C4H13NSi.C4H12OSi.C4H12Si.5CH4.H2N.2H2O/c2*1-5-6(2,3)4;1-5(2,3)4;;;;;;;;/h5H,1-4H3;1-4H3;1-4H3;5*1H4;3*1H2/q;;;;;;;;-1;;. The van der Waals surface area contributed by atoms with Crippen molar-refractivity contribution in [3.05, 3.63) is 6.15 Å². The molecule has 8 heteroatoms. The molecule has 0 amide bonds. The number of nitrogens with two attached hydrogens (primary N) is 1. The third-order valence-electron chi connectivity index (χ3n) is 1.36. The van der Waals surface area contributed by atoms with Gasteiger partial charge in [-0.05, 0) is 26.7 Å². The summed E-state index contributed by atoms with van der Waals surface area (Å²) in [5.74, 6) is 0. The summed E-state index contributed by atoms with van der Waals surface area (Å²) < 4.78 is 5.08. The van der Waals surface area contributed by atoms with Crippen LogP contribution in [0.25, 0.3) is 6.15 Å². The van der Waals surface area contributed by atoms with Crippen LogP contribution >= 0.6 is 0 Å². The van der Waals surface area contributed by atoms with Gasteiger partial charge in [-0.25, -0.2) is 0 Å². The number of hydrogen-bond donors (Lipinski definition) is 1. The molecular formula is C17H63N2O3Si3-. The molecule has 0 radical (unpaired) electrons. The van der Waals surface area contributed by atoms with E-state index in [1.54, 1.807) is 7.11 Å². The second kappa shape index (κ2) is 32.2. The maximum atomic E-state index is 5.08. The van der Waals surface area contributed by atoms with Gasteiger partial charge in [0.05, 0.1) is 0 Å². The molecule has 0 bridgehead atoms. The zero-order valence-electron chi connectivity index (χ0n) is 16.0. The highest BCUT2D eigenvalue weighted by atomic mass is 28.4. The maximum Gasteiger partial charge on any atom is 0.183 e. The molecule has 0 atom stereocenters. The lowest BCUT2D eigenvalue weighted by atomic mass is 11.6. The first kappa shape index (κ1) is 72.9. The lowest BCUT2D eigenvalue weighted by molar-refractivity contribution is 0.411. The van der Waals surface area contributed by atoms with Gasteiger partial charge in [0.15, 0.2) is 8.32 Å². The predicted octanol–water partition coefficient (Wildman–Crippen LogP) is 7.26. The molecule has 0 aromatic heterocycles. The van der Waals surface area contributed by atoms with E-state index in [-0.39, 0.29) is 54.2 Å². The minimum atomic E-state index is -1.13. The normalized spacial score (nSPS) is 8.16. The van der Waals surface area contributed by atoms with E-state index in [1.165, 1.54) is 0 Å². The highest BCUT2D eigenvalue weighted by Gasteiger charge is 2.09. The van der Waals surface area contributed by atoms with Crippen LogP contribution in [0.4, 0.5) is 0 Å². The van der Waals surface area contributed by atoms with Gasteiger partial charge < -0.3 is 26.5 Å². The summed E-state index contributed by atoms with van der Waals surface area (Å²) in [4.78, 5) is 3.24. The van der Waals surface area contributed by atoms with Crippen LogP contribution in [-0.2, 0) is 9.90 Å². The molecule has 0 aromatic carbocycles. The van der Waals surface area contributed by atoms with E-state index < -0.39 is 24.6 Å². The highest BCUT2D eigenvalue weighted by molar-refractivity contribution is 6.74. The highest BCUT2D eigenvalue weighted by Crippen LogP contribution is 1.97.